The highest BCUT2D eigenvalue weighted by Gasteiger charge is 2.19. The second-order valence-electron chi connectivity index (χ2n) is 6.87. The minimum atomic E-state index is -0.197. The predicted molar refractivity (Wildman–Crippen MR) is 106 cm³/mol. The molecule has 0 atom stereocenters. The van der Waals surface area contributed by atoms with Crippen LogP contribution in [0.2, 0.25) is 5.02 Å². The number of nitrogens with one attached hydrogen (secondary N) is 1. The second kappa shape index (κ2) is 8.82. The summed E-state index contributed by atoms with van der Waals surface area (Å²) in [6.45, 7) is 5.72. The van der Waals surface area contributed by atoms with Crippen LogP contribution in [0.15, 0.2) is 36.4 Å². The van der Waals surface area contributed by atoms with Crippen molar-refractivity contribution in [1.82, 2.24) is 10.2 Å². The number of halogens is 1. The fourth-order valence-corrected chi connectivity index (χ4v) is 3.65. The van der Waals surface area contributed by atoms with Gasteiger partial charge in [0.2, 0.25) is 0 Å². The normalized spacial score (nSPS) is 16.6. The lowest BCUT2D eigenvalue weighted by Crippen LogP contribution is -2.35. The summed E-state index contributed by atoms with van der Waals surface area (Å²) in [5.41, 5.74) is 2.75. The zero-order valence-electron chi connectivity index (χ0n) is 15.6. The first-order valence-corrected chi connectivity index (χ1v) is 9.82. The first-order valence-electron chi connectivity index (χ1n) is 9.44. The molecular formula is C21H23ClN2O4. The maximum absolute atomic E-state index is 12.6. The summed E-state index contributed by atoms with van der Waals surface area (Å²) in [5.74, 6) is 0.814. The van der Waals surface area contributed by atoms with E-state index in [0.717, 1.165) is 38.4 Å². The molecule has 0 spiro atoms. The highest BCUT2D eigenvalue weighted by atomic mass is 35.5. The van der Waals surface area contributed by atoms with E-state index in [2.05, 4.69) is 22.3 Å². The minimum absolute atomic E-state index is 0.197. The number of carbonyl (C=O) groups excluding carboxylic acids is 1. The van der Waals surface area contributed by atoms with Gasteiger partial charge in [0.25, 0.3) is 5.91 Å². The van der Waals surface area contributed by atoms with Gasteiger partial charge in [-0.3, -0.25) is 9.69 Å². The third kappa shape index (κ3) is 4.58. The minimum Gasteiger partial charge on any atom is -0.486 e. The van der Waals surface area contributed by atoms with Gasteiger partial charge in [-0.2, -0.15) is 0 Å². The Balaban J connectivity index is 1.38. The van der Waals surface area contributed by atoms with Crippen LogP contribution in [-0.2, 0) is 17.8 Å². The lowest BCUT2D eigenvalue weighted by Gasteiger charge is -2.26. The summed E-state index contributed by atoms with van der Waals surface area (Å²) >= 11 is 6.22. The standard InChI is InChI=1S/C21H23ClN2O4/c22-18-11-17(12-19-20(18)28-9-8-27-19)21(25)23-13-15-2-1-3-16(10-15)14-24-4-6-26-7-5-24/h1-3,10-12H,4-9,13-14H2,(H,23,25). The molecule has 2 aromatic carbocycles. The van der Waals surface area contributed by atoms with Gasteiger partial charge in [-0.25, -0.2) is 0 Å². The number of rotatable bonds is 5. The topological polar surface area (TPSA) is 60.0 Å². The van der Waals surface area contributed by atoms with Crippen LogP contribution in [0.3, 0.4) is 0 Å². The lowest BCUT2D eigenvalue weighted by atomic mass is 10.1. The van der Waals surface area contributed by atoms with Gasteiger partial charge in [-0.05, 0) is 23.3 Å². The van der Waals surface area contributed by atoms with Gasteiger partial charge in [-0.15, -0.1) is 0 Å². The van der Waals surface area contributed by atoms with Crippen molar-refractivity contribution in [2.24, 2.45) is 0 Å². The predicted octanol–water partition coefficient (Wildman–Crippen LogP) is 2.87. The number of hydrogen-bond donors (Lipinski definition) is 1. The number of hydrogen-bond acceptors (Lipinski definition) is 5. The quantitative estimate of drug-likeness (QED) is 0.833. The van der Waals surface area contributed by atoms with E-state index in [9.17, 15) is 4.79 Å². The molecule has 148 valence electrons. The molecule has 2 aliphatic heterocycles. The molecule has 0 unspecified atom stereocenters. The summed E-state index contributed by atoms with van der Waals surface area (Å²) in [5, 5.41) is 3.34. The molecule has 2 heterocycles. The van der Waals surface area contributed by atoms with E-state index < -0.39 is 0 Å². The van der Waals surface area contributed by atoms with Crippen molar-refractivity contribution < 1.29 is 19.0 Å². The monoisotopic (exact) mass is 402 g/mol. The van der Waals surface area contributed by atoms with E-state index in [-0.39, 0.29) is 5.91 Å². The van der Waals surface area contributed by atoms with Crippen molar-refractivity contribution >= 4 is 17.5 Å². The Morgan fingerprint density at radius 1 is 1.04 bits per heavy atom. The van der Waals surface area contributed by atoms with Gasteiger partial charge in [0.15, 0.2) is 11.5 Å². The Morgan fingerprint density at radius 3 is 2.68 bits per heavy atom. The molecular weight excluding hydrogens is 380 g/mol. The van der Waals surface area contributed by atoms with Gasteiger partial charge in [0.1, 0.15) is 13.2 Å². The van der Waals surface area contributed by atoms with Gasteiger partial charge >= 0.3 is 0 Å². The molecule has 0 bridgehead atoms. The molecule has 6 nitrogen and oxygen atoms in total. The Hall–Kier alpha value is -2.28. The van der Waals surface area contributed by atoms with E-state index in [0.29, 0.717) is 41.8 Å². The molecule has 28 heavy (non-hydrogen) atoms. The Morgan fingerprint density at radius 2 is 1.82 bits per heavy atom. The van der Waals surface area contributed by atoms with Crippen molar-refractivity contribution in [3.05, 3.63) is 58.1 Å². The molecule has 0 aliphatic carbocycles. The van der Waals surface area contributed by atoms with Crippen LogP contribution in [0.5, 0.6) is 11.5 Å². The summed E-state index contributed by atoms with van der Waals surface area (Å²) < 4.78 is 16.4. The number of benzene rings is 2. The number of amides is 1. The van der Waals surface area contributed by atoms with Gasteiger partial charge in [0.05, 0.1) is 18.2 Å². The third-order valence-electron chi connectivity index (χ3n) is 4.81. The molecule has 2 aliphatic rings. The van der Waals surface area contributed by atoms with Crippen molar-refractivity contribution in [3.8, 4) is 11.5 Å². The smallest absolute Gasteiger partial charge is 0.251 e. The van der Waals surface area contributed by atoms with Gasteiger partial charge < -0.3 is 19.5 Å². The Labute approximate surface area is 169 Å². The average Bonchev–Trinajstić information content (AvgIpc) is 2.73. The van der Waals surface area contributed by atoms with Crippen LogP contribution in [-0.4, -0.2) is 50.3 Å². The maximum Gasteiger partial charge on any atom is 0.251 e. The molecule has 1 amide bonds. The number of ether oxygens (including phenoxy) is 3. The van der Waals surface area contributed by atoms with Crippen LogP contribution in [0.4, 0.5) is 0 Å². The Kier molecular flexibility index (Phi) is 6.00. The van der Waals surface area contributed by atoms with E-state index in [1.807, 2.05) is 12.1 Å². The van der Waals surface area contributed by atoms with Crippen molar-refractivity contribution in [1.29, 1.82) is 0 Å². The van der Waals surface area contributed by atoms with Crippen LogP contribution in [0.25, 0.3) is 0 Å². The molecule has 1 saturated heterocycles. The van der Waals surface area contributed by atoms with Crippen LogP contribution in [0.1, 0.15) is 21.5 Å². The number of carbonyl (C=O) groups is 1. The van der Waals surface area contributed by atoms with E-state index >= 15 is 0 Å². The molecule has 7 heteroatoms. The third-order valence-corrected chi connectivity index (χ3v) is 5.09. The molecule has 4 rings (SSSR count). The fourth-order valence-electron chi connectivity index (χ4n) is 3.38. The second-order valence-corrected chi connectivity index (χ2v) is 7.28. The van der Waals surface area contributed by atoms with Crippen LogP contribution < -0.4 is 14.8 Å². The first-order chi connectivity index (χ1) is 13.7. The first kappa shape index (κ1) is 19.1. The highest BCUT2D eigenvalue weighted by molar-refractivity contribution is 6.32. The molecule has 2 aromatic rings. The fraction of sp³-hybridized carbons (Fsp3) is 0.381. The van der Waals surface area contributed by atoms with E-state index in [1.54, 1.807) is 12.1 Å². The van der Waals surface area contributed by atoms with Crippen molar-refractivity contribution in [2.45, 2.75) is 13.1 Å². The van der Waals surface area contributed by atoms with Crippen molar-refractivity contribution in [3.63, 3.8) is 0 Å². The molecule has 0 aromatic heterocycles. The summed E-state index contributed by atoms with van der Waals surface area (Å²) in [4.78, 5) is 14.9. The zero-order valence-corrected chi connectivity index (χ0v) is 16.3. The molecule has 1 N–H and O–H groups in total. The Bertz CT molecular complexity index is 852. The molecule has 1 fully saturated rings. The van der Waals surface area contributed by atoms with E-state index in [4.69, 9.17) is 25.8 Å². The number of morpholine rings is 1. The van der Waals surface area contributed by atoms with Crippen molar-refractivity contribution in [2.75, 3.05) is 39.5 Å². The number of nitrogens with zero attached hydrogens (tertiary/aromatic N) is 1. The summed E-state index contributed by atoms with van der Waals surface area (Å²) in [6.07, 6.45) is 0. The average molecular weight is 403 g/mol. The largest absolute Gasteiger partial charge is 0.486 e. The number of fused-ring (bicyclic) bond motifs is 1. The zero-order chi connectivity index (χ0) is 19.3. The molecule has 0 radical (unpaired) electrons. The van der Waals surface area contributed by atoms with Gasteiger partial charge in [-0.1, -0.05) is 35.9 Å². The maximum atomic E-state index is 12.6. The lowest BCUT2D eigenvalue weighted by molar-refractivity contribution is 0.0342. The highest BCUT2D eigenvalue weighted by Crippen LogP contribution is 2.38. The van der Waals surface area contributed by atoms with E-state index in [1.165, 1.54) is 5.56 Å². The van der Waals surface area contributed by atoms with Crippen LogP contribution in [0, 0.1) is 0 Å². The van der Waals surface area contributed by atoms with Gasteiger partial charge in [0, 0.05) is 31.7 Å². The SMILES string of the molecule is O=C(NCc1cccc(CN2CCOCC2)c1)c1cc(Cl)c2c(c1)OCCO2. The summed E-state index contributed by atoms with van der Waals surface area (Å²) in [6, 6.07) is 11.6. The van der Waals surface area contributed by atoms with Crippen LogP contribution >= 0.6 is 11.6 Å². The molecule has 0 saturated carbocycles. The summed E-state index contributed by atoms with van der Waals surface area (Å²) in [7, 11) is 0.